The normalized spacial score (nSPS) is 11.0. The lowest BCUT2D eigenvalue weighted by Crippen LogP contribution is -2.27. The molecular formula is C17H22O4. The van der Waals surface area contributed by atoms with Gasteiger partial charge in [-0.15, -0.1) is 0 Å². The van der Waals surface area contributed by atoms with Gasteiger partial charge in [0.25, 0.3) is 0 Å². The summed E-state index contributed by atoms with van der Waals surface area (Å²) in [5.41, 5.74) is 1.02. The fourth-order valence-corrected chi connectivity index (χ4v) is 2.03. The Morgan fingerprint density at radius 2 is 1.81 bits per heavy atom. The van der Waals surface area contributed by atoms with Crippen LogP contribution in [-0.2, 0) is 9.59 Å². The lowest BCUT2D eigenvalue weighted by molar-refractivity contribution is -0.148. The topological polar surface area (TPSA) is 60.4 Å². The molecule has 4 heteroatoms. The average Bonchev–Trinajstić information content (AvgIpc) is 2.46. The largest absolute Gasteiger partial charge is 0.421 e. The van der Waals surface area contributed by atoms with Crippen LogP contribution in [0.15, 0.2) is 18.2 Å². The highest BCUT2D eigenvalue weighted by Crippen LogP contribution is 2.30. The van der Waals surface area contributed by atoms with E-state index in [0.29, 0.717) is 11.8 Å². The van der Waals surface area contributed by atoms with Crippen molar-refractivity contribution in [3.63, 3.8) is 0 Å². The minimum absolute atomic E-state index is 0.172. The van der Waals surface area contributed by atoms with E-state index in [-0.39, 0.29) is 17.6 Å². The van der Waals surface area contributed by atoms with Crippen LogP contribution in [0, 0.1) is 12.3 Å². The van der Waals surface area contributed by atoms with E-state index < -0.39 is 11.8 Å². The van der Waals surface area contributed by atoms with Crippen molar-refractivity contribution in [3.8, 4) is 5.75 Å². The van der Waals surface area contributed by atoms with Crippen molar-refractivity contribution >= 4 is 18.0 Å². The number of ether oxygens (including phenoxy) is 1. The molecule has 0 amide bonds. The maximum absolute atomic E-state index is 12.0. The zero-order valence-electron chi connectivity index (χ0n) is 13.1. The highest BCUT2D eigenvalue weighted by molar-refractivity contribution is 6.34. The molecule has 0 saturated carbocycles. The molecule has 0 aliphatic heterocycles. The van der Waals surface area contributed by atoms with Gasteiger partial charge >= 0.3 is 5.97 Å². The summed E-state index contributed by atoms with van der Waals surface area (Å²) in [5, 5.41) is 0. The Labute approximate surface area is 125 Å². The molecule has 0 N–H and O–H groups in total. The Balaban J connectivity index is 2.79. The zero-order chi connectivity index (χ0) is 16.0. The number of esters is 1. The van der Waals surface area contributed by atoms with Gasteiger partial charge in [-0.2, -0.15) is 0 Å². The molecule has 0 unspecified atom stereocenters. The van der Waals surface area contributed by atoms with E-state index in [4.69, 9.17) is 4.74 Å². The van der Waals surface area contributed by atoms with Crippen LogP contribution >= 0.6 is 0 Å². The Bertz CT molecular complexity index is 542. The lowest BCUT2D eigenvalue weighted by atomic mass is 9.80. The van der Waals surface area contributed by atoms with Crippen molar-refractivity contribution in [2.24, 2.45) is 5.41 Å². The lowest BCUT2D eigenvalue weighted by Gasteiger charge is -2.24. The van der Waals surface area contributed by atoms with Gasteiger partial charge in [-0.25, -0.2) is 4.79 Å². The Kier molecular flexibility index (Phi) is 5.82. The minimum atomic E-state index is -0.870. The second kappa shape index (κ2) is 7.16. The summed E-state index contributed by atoms with van der Waals surface area (Å²) in [6, 6.07) is 4.75. The summed E-state index contributed by atoms with van der Waals surface area (Å²) in [6.45, 7) is 7.77. The van der Waals surface area contributed by atoms with Crippen LogP contribution in [0.2, 0.25) is 0 Å². The van der Waals surface area contributed by atoms with Crippen molar-refractivity contribution in [1.82, 2.24) is 0 Å². The predicted octanol–water partition coefficient (Wildman–Crippen LogP) is 3.50. The fourth-order valence-electron chi connectivity index (χ4n) is 2.03. The molecule has 0 aliphatic rings. The predicted molar refractivity (Wildman–Crippen MR) is 80.5 cm³/mol. The summed E-state index contributed by atoms with van der Waals surface area (Å²) in [5.74, 6) is -1.17. The number of carbonyl (C=O) groups excluding carboxylic acids is 3. The minimum Gasteiger partial charge on any atom is -0.421 e. The molecule has 0 fully saturated rings. The van der Waals surface area contributed by atoms with Gasteiger partial charge in [0.05, 0.1) is 0 Å². The van der Waals surface area contributed by atoms with Crippen molar-refractivity contribution in [1.29, 1.82) is 0 Å². The van der Waals surface area contributed by atoms with Crippen LogP contribution in [0.3, 0.4) is 0 Å². The molecule has 1 rings (SSSR count). The molecule has 0 bridgehead atoms. The van der Waals surface area contributed by atoms with Gasteiger partial charge in [-0.3, -0.25) is 9.59 Å². The number of benzene rings is 1. The SMILES string of the molecule is CCC(C)(CC)CC(=O)C(=O)Oc1cc(C)cc(C=O)c1. The number of rotatable bonds is 7. The molecule has 4 nitrogen and oxygen atoms in total. The standard InChI is InChI=1S/C17H22O4/c1-5-17(4,6-2)10-15(19)16(20)21-14-8-12(3)7-13(9-14)11-18/h7-9,11H,5-6,10H2,1-4H3. The van der Waals surface area contributed by atoms with Gasteiger partial charge in [0.1, 0.15) is 12.0 Å². The van der Waals surface area contributed by atoms with Gasteiger partial charge in [0, 0.05) is 12.0 Å². The summed E-state index contributed by atoms with van der Waals surface area (Å²) in [4.78, 5) is 34.6. The molecule has 0 radical (unpaired) electrons. The summed E-state index contributed by atoms with van der Waals surface area (Å²) in [7, 11) is 0. The summed E-state index contributed by atoms with van der Waals surface area (Å²) in [6.07, 6.45) is 2.49. The number of Topliss-reactive ketones (excluding diaryl/α,β-unsaturated/α-hetero) is 1. The number of hydrogen-bond donors (Lipinski definition) is 0. The number of aldehydes is 1. The quantitative estimate of drug-likeness (QED) is 0.334. The van der Waals surface area contributed by atoms with E-state index in [0.717, 1.165) is 18.4 Å². The second-order valence-corrected chi connectivity index (χ2v) is 5.70. The Morgan fingerprint density at radius 3 is 2.33 bits per heavy atom. The van der Waals surface area contributed by atoms with E-state index in [9.17, 15) is 14.4 Å². The number of carbonyl (C=O) groups is 3. The van der Waals surface area contributed by atoms with Gasteiger partial charge in [0.2, 0.25) is 5.78 Å². The highest BCUT2D eigenvalue weighted by atomic mass is 16.5. The maximum atomic E-state index is 12.0. The van der Waals surface area contributed by atoms with Crippen LogP contribution in [-0.4, -0.2) is 18.0 Å². The smallest absolute Gasteiger partial charge is 0.380 e. The van der Waals surface area contributed by atoms with Crippen LogP contribution < -0.4 is 4.74 Å². The first-order chi connectivity index (χ1) is 9.83. The third-order valence-corrected chi connectivity index (χ3v) is 3.94. The van der Waals surface area contributed by atoms with Crippen molar-refractivity contribution in [2.75, 3.05) is 0 Å². The highest BCUT2D eigenvalue weighted by Gasteiger charge is 2.28. The van der Waals surface area contributed by atoms with Crippen molar-refractivity contribution in [2.45, 2.75) is 47.0 Å². The van der Waals surface area contributed by atoms with E-state index in [1.807, 2.05) is 20.8 Å². The van der Waals surface area contributed by atoms with Crippen LogP contribution in [0.25, 0.3) is 0 Å². The molecule has 114 valence electrons. The summed E-state index contributed by atoms with van der Waals surface area (Å²) < 4.78 is 5.09. The number of aryl methyl sites for hydroxylation is 1. The molecule has 0 saturated heterocycles. The molecule has 1 aromatic carbocycles. The third-order valence-electron chi connectivity index (χ3n) is 3.94. The molecular weight excluding hydrogens is 268 g/mol. The Morgan fingerprint density at radius 1 is 1.19 bits per heavy atom. The molecule has 1 aromatic rings. The van der Waals surface area contributed by atoms with Crippen LogP contribution in [0.5, 0.6) is 5.75 Å². The molecule has 0 spiro atoms. The monoisotopic (exact) mass is 290 g/mol. The molecule has 0 heterocycles. The first-order valence-corrected chi connectivity index (χ1v) is 7.15. The Hall–Kier alpha value is -1.97. The van der Waals surface area contributed by atoms with E-state index in [1.165, 1.54) is 6.07 Å². The van der Waals surface area contributed by atoms with Gasteiger partial charge in [-0.05, 0) is 36.1 Å². The molecule has 0 aliphatic carbocycles. The average molecular weight is 290 g/mol. The maximum Gasteiger partial charge on any atom is 0.380 e. The first-order valence-electron chi connectivity index (χ1n) is 7.15. The summed E-state index contributed by atoms with van der Waals surface area (Å²) >= 11 is 0. The number of hydrogen-bond acceptors (Lipinski definition) is 4. The van der Waals surface area contributed by atoms with Gasteiger partial charge < -0.3 is 4.74 Å². The molecule has 21 heavy (non-hydrogen) atoms. The van der Waals surface area contributed by atoms with Crippen LogP contribution in [0.1, 0.15) is 56.0 Å². The fraction of sp³-hybridized carbons (Fsp3) is 0.471. The first kappa shape index (κ1) is 17.1. The van der Waals surface area contributed by atoms with Gasteiger partial charge in [0.15, 0.2) is 0 Å². The van der Waals surface area contributed by atoms with Gasteiger partial charge in [-0.1, -0.05) is 33.6 Å². The van der Waals surface area contributed by atoms with Crippen molar-refractivity contribution in [3.05, 3.63) is 29.3 Å². The second-order valence-electron chi connectivity index (χ2n) is 5.70. The molecule has 0 aromatic heterocycles. The van der Waals surface area contributed by atoms with Crippen molar-refractivity contribution < 1.29 is 19.1 Å². The van der Waals surface area contributed by atoms with E-state index in [2.05, 4.69) is 0 Å². The number of ketones is 1. The third kappa shape index (κ3) is 4.81. The van der Waals surface area contributed by atoms with E-state index >= 15 is 0 Å². The molecule has 0 atom stereocenters. The zero-order valence-corrected chi connectivity index (χ0v) is 13.1. The van der Waals surface area contributed by atoms with Crippen LogP contribution in [0.4, 0.5) is 0 Å². The van der Waals surface area contributed by atoms with E-state index in [1.54, 1.807) is 19.1 Å².